The summed E-state index contributed by atoms with van der Waals surface area (Å²) < 4.78 is 16.8. The van der Waals surface area contributed by atoms with Crippen LogP contribution in [0.15, 0.2) is 47.5 Å². The number of halogens is 1. The maximum atomic E-state index is 6.18. The monoisotopic (exact) mass is 539 g/mol. The Balaban J connectivity index is 0.00000341. The summed E-state index contributed by atoms with van der Waals surface area (Å²) in [5.41, 5.74) is 3.61. The number of aryl methyl sites for hydroxylation is 2. The minimum absolute atomic E-state index is 0. The molecule has 0 spiro atoms. The molecule has 31 heavy (non-hydrogen) atoms. The van der Waals surface area contributed by atoms with Crippen LogP contribution < -0.4 is 20.1 Å². The third-order valence-electron chi connectivity index (χ3n) is 5.17. The summed E-state index contributed by atoms with van der Waals surface area (Å²) in [6.45, 7) is 5.03. The van der Waals surface area contributed by atoms with Crippen LogP contribution in [0.5, 0.6) is 11.5 Å². The largest absolute Gasteiger partial charge is 0.497 e. The van der Waals surface area contributed by atoms with Crippen LogP contribution in [0.3, 0.4) is 0 Å². The van der Waals surface area contributed by atoms with E-state index in [4.69, 9.17) is 14.2 Å². The fourth-order valence-corrected chi connectivity index (χ4v) is 3.39. The molecule has 6 nitrogen and oxygen atoms in total. The topological polar surface area (TPSA) is 64.1 Å². The molecule has 2 aromatic rings. The van der Waals surface area contributed by atoms with E-state index >= 15 is 0 Å². The summed E-state index contributed by atoms with van der Waals surface area (Å²) in [4.78, 5) is 4.34. The molecule has 1 unspecified atom stereocenters. The lowest BCUT2D eigenvalue weighted by Gasteiger charge is -2.18. The zero-order valence-electron chi connectivity index (χ0n) is 18.6. The van der Waals surface area contributed by atoms with E-state index in [-0.39, 0.29) is 30.1 Å². The number of hydrogen-bond donors (Lipinski definition) is 2. The Morgan fingerprint density at radius 1 is 1.16 bits per heavy atom. The molecular weight excluding hydrogens is 505 g/mol. The van der Waals surface area contributed by atoms with Gasteiger partial charge in [0.15, 0.2) is 5.96 Å². The Kier molecular flexibility index (Phi) is 10.9. The molecule has 1 aliphatic heterocycles. The summed E-state index contributed by atoms with van der Waals surface area (Å²) >= 11 is 0. The molecule has 2 N–H and O–H groups in total. The summed E-state index contributed by atoms with van der Waals surface area (Å²) in [5, 5.41) is 6.79. The highest BCUT2D eigenvalue weighted by molar-refractivity contribution is 14.0. The Bertz CT molecular complexity index is 821. The molecule has 1 fully saturated rings. The van der Waals surface area contributed by atoms with E-state index in [0.29, 0.717) is 13.2 Å². The molecule has 0 aromatic heterocycles. The molecule has 0 amide bonds. The van der Waals surface area contributed by atoms with Gasteiger partial charge >= 0.3 is 0 Å². The molecule has 0 bridgehead atoms. The van der Waals surface area contributed by atoms with Crippen molar-refractivity contribution < 1.29 is 14.2 Å². The van der Waals surface area contributed by atoms with Gasteiger partial charge in [-0.2, -0.15) is 0 Å². The van der Waals surface area contributed by atoms with Crippen LogP contribution >= 0.6 is 24.0 Å². The lowest BCUT2D eigenvalue weighted by atomic mass is 10.1. The number of rotatable bonds is 9. The molecule has 1 atom stereocenters. The Hall–Kier alpha value is -2.00. The van der Waals surface area contributed by atoms with Crippen LogP contribution in [-0.2, 0) is 17.7 Å². The maximum absolute atomic E-state index is 6.18. The molecule has 170 valence electrons. The SMILES string of the molecule is CN=C(NCCCc1ccc(OC)cc1)NCc1ccc(C)cc1OC1CCOC1.I. The molecule has 0 aliphatic carbocycles. The molecule has 2 aromatic carbocycles. The van der Waals surface area contributed by atoms with E-state index in [1.54, 1.807) is 14.2 Å². The number of guanidine groups is 1. The van der Waals surface area contributed by atoms with Gasteiger partial charge < -0.3 is 24.8 Å². The van der Waals surface area contributed by atoms with Crippen molar-refractivity contribution in [2.24, 2.45) is 4.99 Å². The van der Waals surface area contributed by atoms with Gasteiger partial charge in [0.2, 0.25) is 0 Å². The number of ether oxygens (including phenoxy) is 3. The van der Waals surface area contributed by atoms with Crippen LogP contribution in [0.1, 0.15) is 29.5 Å². The predicted octanol–water partition coefficient (Wildman–Crippen LogP) is 4.09. The van der Waals surface area contributed by atoms with Crippen molar-refractivity contribution in [1.82, 2.24) is 10.6 Å². The van der Waals surface area contributed by atoms with Crippen LogP contribution in [0.4, 0.5) is 0 Å². The van der Waals surface area contributed by atoms with Crippen molar-refractivity contribution in [2.45, 2.75) is 38.8 Å². The molecule has 0 saturated carbocycles. The number of benzene rings is 2. The first kappa shape index (κ1) is 25.3. The summed E-state index contributed by atoms with van der Waals surface area (Å²) in [6, 6.07) is 14.6. The van der Waals surface area contributed by atoms with E-state index in [2.05, 4.69) is 52.9 Å². The molecule has 7 heteroatoms. The zero-order valence-corrected chi connectivity index (χ0v) is 21.0. The van der Waals surface area contributed by atoms with Crippen LogP contribution in [-0.4, -0.2) is 46.0 Å². The number of nitrogens with zero attached hydrogens (tertiary/aromatic N) is 1. The number of nitrogens with one attached hydrogen (secondary N) is 2. The first-order valence-corrected chi connectivity index (χ1v) is 10.6. The van der Waals surface area contributed by atoms with Crippen LogP contribution in [0.2, 0.25) is 0 Å². The average molecular weight is 539 g/mol. The lowest BCUT2D eigenvalue weighted by Crippen LogP contribution is -2.37. The van der Waals surface area contributed by atoms with Gasteiger partial charge in [0, 0.05) is 32.1 Å². The second-order valence-corrected chi connectivity index (χ2v) is 7.52. The van der Waals surface area contributed by atoms with Crippen molar-refractivity contribution in [2.75, 3.05) is 33.9 Å². The second-order valence-electron chi connectivity index (χ2n) is 7.52. The smallest absolute Gasteiger partial charge is 0.191 e. The molecule has 0 radical (unpaired) electrons. The predicted molar refractivity (Wildman–Crippen MR) is 136 cm³/mol. The van der Waals surface area contributed by atoms with Crippen molar-refractivity contribution in [3.05, 3.63) is 59.2 Å². The minimum atomic E-state index is 0. The molecule has 1 aliphatic rings. The van der Waals surface area contributed by atoms with Gasteiger partial charge in [-0.1, -0.05) is 24.3 Å². The van der Waals surface area contributed by atoms with Crippen LogP contribution in [0.25, 0.3) is 0 Å². The van der Waals surface area contributed by atoms with Crippen molar-refractivity contribution in [3.63, 3.8) is 0 Å². The lowest BCUT2D eigenvalue weighted by molar-refractivity contribution is 0.140. The summed E-state index contributed by atoms with van der Waals surface area (Å²) in [5.74, 6) is 2.61. The highest BCUT2D eigenvalue weighted by Crippen LogP contribution is 2.23. The second kappa shape index (κ2) is 13.4. The number of aliphatic imine (C=N–C) groups is 1. The standard InChI is InChI=1S/C24H33N3O3.HI/c1-18-6-9-20(23(15-18)30-22-12-14-29-17-22)16-27-24(25-2)26-13-4-5-19-7-10-21(28-3)11-8-19;/h6-11,15,22H,4-5,12-14,16-17H2,1-3H3,(H2,25,26,27);1H. The van der Waals surface area contributed by atoms with Gasteiger partial charge in [0.25, 0.3) is 0 Å². The first-order chi connectivity index (χ1) is 14.7. The fourth-order valence-electron chi connectivity index (χ4n) is 3.39. The van der Waals surface area contributed by atoms with Crippen molar-refractivity contribution in [1.29, 1.82) is 0 Å². The molecule has 1 saturated heterocycles. The van der Waals surface area contributed by atoms with Gasteiger partial charge in [-0.05, 0) is 49.1 Å². The molecule has 3 rings (SSSR count). The van der Waals surface area contributed by atoms with E-state index in [0.717, 1.165) is 55.4 Å². The van der Waals surface area contributed by atoms with Crippen LogP contribution in [0, 0.1) is 6.92 Å². The van der Waals surface area contributed by atoms with Crippen molar-refractivity contribution in [3.8, 4) is 11.5 Å². The van der Waals surface area contributed by atoms with E-state index in [1.165, 1.54) is 11.1 Å². The first-order valence-electron chi connectivity index (χ1n) is 10.6. The average Bonchev–Trinajstić information content (AvgIpc) is 3.28. The highest BCUT2D eigenvalue weighted by atomic mass is 127. The third-order valence-corrected chi connectivity index (χ3v) is 5.17. The quantitative estimate of drug-likeness (QED) is 0.218. The number of hydrogen-bond acceptors (Lipinski definition) is 4. The fraction of sp³-hybridized carbons (Fsp3) is 0.458. The normalized spacial score (nSPS) is 15.8. The summed E-state index contributed by atoms with van der Waals surface area (Å²) in [7, 11) is 3.48. The van der Waals surface area contributed by atoms with E-state index < -0.39 is 0 Å². The van der Waals surface area contributed by atoms with E-state index in [1.807, 2.05) is 12.1 Å². The van der Waals surface area contributed by atoms with Gasteiger partial charge in [0.1, 0.15) is 17.6 Å². The zero-order chi connectivity index (χ0) is 21.2. The van der Waals surface area contributed by atoms with Gasteiger partial charge in [-0.15, -0.1) is 24.0 Å². The summed E-state index contributed by atoms with van der Waals surface area (Å²) in [6.07, 6.45) is 3.11. The third kappa shape index (κ3) is 8.22. The van der Waals surface area contributed by atoms with Gasteiger partial charge in [0.05, 0.1) is 20.3 Å². The minimum Gasteiger partial charge on any atom is -0.497 e. The maximum Gasteiger partial charge on any atom is 0.191 e. The molecule has 1 heterocycles. The molecular formula is C24H34IN3O3. The Morgan fingerprint density at radius 3 is 2.65 bits per heavy atom. The Labute approximate surface area is 202 Å². The van der Waals surface area contributed by atoms with Gasteiger partial charge in [-0.3, -0.25) is 4.99 Å². The highest BCUT2D eigenvalue weighted by Gasteiger charge is 2.18. The van der Waals surface area contributed by atoms with E-state index in [9.17, 15) is 0 Å². The van der Waals surface area contributed by atoms with Crippen molar-refractivity contribution >= 4 is 29.9 Å². The van der Waals surface area contributed by atoms with Gasteiger partial charge in [-0.25, -0.2) is 0 Å². The Morgan fingerprint density at radius 2 is 1.97 bits per heavy atom. The number of methoxy groups -OCH3 is 1.